The van der Waals surface area contributed by atoms with Gasteiger partial charge in [-0.15, -0.1) is 5.10 Å². The highest BCUT2D eigenvalue weighted by Gasteiger charge is 2.33. The van der Waals surface area contributed by atoms with E-state index in [4.69, 9.17) is 4.74 Å². The molecular formula is C13H17N5O5S. The van der Waals surface area contributed by atoms with Crippen molar-refractivity contribution in [3.05, 3.63) is 11.1 Å². The van der Waals surface area contributed by atoms with Crippen LogP contribution in [0.5, 0.6) is 0 Å². The number of aliphatic hydroxyl groups excluding tert-OH is 1. The lowest BCUT2D eigenvalue weighted by Gasteiger charge is -2.36. The molecule has 0 spiro atoms. The molecule has 3 atom stereocenters. The van der Waals surface area contributed by atoms with E-state index in [1.807, 2.05) is 0 Å². The number of nitrogens with zero attached hydrogens (tertiary/aromatic N) is 3. The Kier molecular flexibility index (Phi) is 4.90. The number of likely N-dealkylation sites (tertiary alicyclic amines) is 1. The van der Waals surface area contributed by atoms with Gasteiger partial charge in [0, 0.05) is 18.5 Å². The highest BCUT2D eigenvalue weighted by molar-refractivity contribution is 7.03. The summed E-state index contributed by atoms with van der Waals surface area (Å²) in [6, 6.07) is -0.919. The summed E-state index contributed by atoms with van der Waals surface area (Å²) in [5, 5.41) is 20.5. The fourth-order valence-corrected chi connectivity index (χ4v) is 3.13. The van der Waals surface area contributed by atoms with Crippen LogP contribution in [0.2, 0.25) is 0 Å². The predicted molar refractivity (Wildman–Crippen MR) is 81.3 cm³/mol. The van der Waals surface area contributed by atoms with Gasteiger partial charge in [0.2, 0.25) is 5.91 Å². The van der Waals surface area contributed by atoms with Crippen LogP contribution in [0.3, 0.4) is 0 Å². The van der Waals surface area contributed by atoms with Gasteiger partial charge in [0.1, 0.15) is 6.61 Å². The Labute approximate surface area is 141 Å². The van der Waals surface area contributed by atoms with Crippen LogP contribution in [0.4, 0.5) is 4.79 Å². The maximum Gasteiger partial charge on any atom is 0.407 e. The van der Waals surface area contributed by atoms with Gasteiger partial charge in [-0.05, 0) is 18.0 Å². The molecule has 3 amide bonds. The third kappa shape index (κ3) is 3.79. The molecule has 11 heteroatoms. The SMILES string of the molecule is O=C1N[C@@H](CC(=O)N2CC[C@@H](O)[C@H](NC(=O)c3csnn3)C2)CO1. The average molecular weight is 355 g/mol. The van der Waals surface area contributed by atoms with E-state index in [0.717, 1.165) is 11.5 Å². The number of carbonyl (C=O) groups is 3. The van der Waals surface area contributed by atoms with Crippen molar-refractivity contribution in [2.45, 2.75) is 31.0 Å². The second kappa shape index (κ2) is 7.09. The Hall–Kier alpha value is -2.27. The number of carbonyl (C=O) groups excluding carboxylic acids is 3. The molecule has 0 aliphatic carbocycles. The van der Waals surface area contributed by atoms with Crippen molar-refractivity contribution in [1.29, 1.82) is 0 Å². The van der Waals surface area contributed by atoms with Crippen LogP contribution in [0.25, 0.3) is 0 Å². The normalized spacial score (nSPS) is 26.6. The molecule has 3 rings (SSSR count). The van der Waals surface area contributed by atoms with Crippen LogP contribution in [0.15, 0.2) is 5.38 Å². The summed E-state index contributed by atoms with van der Waals surface area (Å²) in [4.78, 5) is 36.9. The number of nitrogens with one attached hydrogen (secondary N) is 2. The molecule has 0 saturated carbocycles. The number of cyclic esters (lactones) is 1. The summed E-state index contributed by atoms with van der Waals surface area (Å²) in [6.45, 7) is 0.759. The van der Waals surface area contributed by atoms with Crippen molar-refractivity contribution < 1.29 is 24.2 Å². The fourth-order valence-electron chi connectivity index (χ4n) is 2.69. The van der Waals surface area contributed by atoms with Gasteiger partial charge < -0.3 is 25.4 Å². The molecule has 3 N–H and O–H groups in total. The molecule has 10 nitrogen and oxygen atoms in total. The van der Waals surface area contributed by atoms with Crippen LogP contribution in [-0.4, -0.2) is 75.4 Å². The molecule has 0 aromatic carbocycles. The summed E-state index contributed by atoms with van der Waals surface area (Å²) < 4.78 is 8.38. The second-order valence-corrected chi connectivity index (χ2v) is 6.32. The summed E-state index contributed by atoms with van der Waals surface area (Å²) in [7, 11) is 0. The van der Waals surface area contributed by atoms with Gasteiger partial charge in [0.05, 0.1) is 24.6 Å². The zero-order valence-electron chi connectivity index (χ0n) is 12.7. The molecule has 2 fully saturated rings. The third-order valence-corrected chi connectivity index (χ3v) is 4.50. The molecule has 130 valence electrons. The Balaban J connectivity index is 1.55. The maximum absolute atomic E-state index is 12.3. The van der Waals surface area contributed by atoms with Gasteiger partial charge in [-0.1, -0.05) is 4.49 Å². The summed E-state index contributed by atoms with van der Waals surface area (Å²) in [5.74, 6) is -0.592. The molecule has 0 bridgehead atoms. The lowest BCUT2D eigenvalue weighted by molar-refractivity contribution is -0.134. The summed E-state index contributed by atoms with van der Waals surface area (Å²) >= 11 is 1.06. The third-order valence-electron chi connectivity index (χ3n) is 4.00. The lowest BCUT2D eigenvalue weighted by atomic mass is 10.0. The van der Waals surface area contributed by atoms with E-state index < -0.39 is 24.1 Å². The first-order chi connectivity index (χ1) is 11.5. The first-order valence-corrected chi connectivity index (χ1v) is 8.33. The van der Waals surface area contributed by atoms with Gasteiger partial charge in [-0.25, -0.2) is 4.79 Å². The fraction of sp³-hybridized carbons (Fsp3) is 0.615. The summed E-state index contributed by atoms with van der Waals surface area (Å²) in [6.07, 6.45) is -0.777. The number of hydrogen-bond acceptors (Lipinski definition) is 8. The topological polar surface area (TPSA) is 134 Å². The van der Waals surface area contributed by atoms with E-state index in [1.54, 1.807) is 4.90 Å². The number of ether oxygens (including phenoxy) is 1. The van der Waals surface area contributed by atoms with E-state index in [1.165, 1.54) is 5.38 Å². The van der Waals surface area contributed by atoms with Crippen molar-refractivity contribution in [2.75, 3.05) is 19.7 Å². The lowest BCUT2D eigenvalue weighted by Crippen LogP contribution is -2.56. The van der Waals surface area contributed by atoms with Crippen LogP contribution >= 0.6 is 11.5 Å². The highest BCUT2D eigenvalue weighted by atomic mass is 32.1. The Morgan fingerprint density at radius 3 is 3.04 bits per heavy atom. The van der Waals surface area contributed by atoms with E-state index >= 15 is 0 Å². The molecule has 2 saturated heterocycles. The molecule has 1 aromatic rings. The largest absolute Gasteiger partial charge is 0.447 e. The minimum Gasteiger partial charge on any atom is -0.447 e. The van der Waals surface area contributed by atoms with Crippen molar-refractivity contribution >= 4 is 29.4 Å². The molecule has 0 unspecified atom stereocenters. The minimum atomic E-state index is -0.737. The van der Waals surface area contributed by atoms with Crippen molar-refractivity contribution in [1.82, 2.24) is 25.1 Å². The van der Waals surface area contributed by atoms with Crippen LogP contribution in [0, 0.1) is 0 Å². The number of aliphatic hydroxyl groups is 1. The Bertz CT molecular complexity index is 624. The van der Waals surface area contributed by atoms with E-state index in [9.17, 15) is 19.5 Å². The van der Waals surface area contributed by atoms with Crippen LogP contribution < -0.4 is 10.6 Å². The number of alkyl carbamates (subject to hydrolysis) is 1. The van der Waals surface area contributed by atoms with Gasteiger partial charge in [0.25, 0.3) is 5.91 Å². The zero-order valence-corrected chi connectivity index (χ0v) is 13.5. The number of rotatable bonds is 4. The van der Waals surface area contributed by atoms with E-state index in [2.05, 4.69) is 20.2 Å². The van der Waals surface area contributed by atoms with E-state index in [-0.39, 0.29) is 37.2 Å². The van der Waals surface area contributed by atoms with Gasteiger partial charge in [0.15, 0.2) is 5.69 Å². The highest BCUT2D eigenvalue weighted by Crippen LogP contribution is 2.15. The van der Waals surface area contributed by atoms with Crippen LogP contribution in [-0.2, 0) is 9.53 Å². The molecule has 24 heavy (non-hydrogen) atoms. The molecular weight excluding hydrogens is 338 g/mol. The quantitative estimate of drug-likeness (QED) is 0.613. The Morgan fingerprint density at radius 1 is 1.54 bits per heavy atom. The monoisotopic (exact) mass is 355 g/mol. The first-order valence-electron chi connectivity index (χ1n) is 7.50. The number of piperidine rings is 1. The van der Waals surface area contributed by atoms with Crippen molar-refractivity contribution in [2.24, 2.45) is 0 Å². The standard InChI is InChI=1S/C13H17N5O5S/c19-10-1-2-18(11(20)3-7-5-23-13(22)14-7)4-8(10)15-12(21)9-6-24-17-16-9/h6-8,10,19H,1-5H2,(H,14,22)(H,15,21)/t7-,8+,10+/m0/s1. The van der Waals surface area contributed by atoms with E-state index in [0.29, 0.717) is 13.0 Å². The van der Waals surface area contributed by atoms with Crippen molar-refractivity contribution in [3.8, 4) is 0 Å². The molecule has 1 aromatic heterocycles. The number of aromatic nitrogens is 2. The van der Waals surface area contributed by atoms with Crippen molar-refractivity contribution in [3.63, 3.8) is 0 Å². The smallest absolute Gasteiger partial charge is 0.407 e. The van der Waals surface area contributed by atoms with Crippen LogP contribution in [0.1, 0.15) is 23.3 Å². The van der Waals surface area contributed by atoms with Gasteiger partial charge in [-0.3, -0.25) is 9.59 Å². The average Bonchev–Trinajstić information content (AvgIpc) is 3.21. The van der Waals surface area contributed by atoms with Gasteiger partial charge >= 0.3 is 6.09 Å². The zero-order chi connectivity index (χ0) is 17.1. The molecule has 2 aliphatic rings. The number of hydrogen-bond donors (Lipinski definition) is 3. The second-order valence-electron chi connectivity index (χ2n) is 5.71. The molecule has 3 heterocycles. The number of amides is 3. The first kappa shape index (κ1) is 16.6. The molecule has 0 radical (unpaired) electrons. The maximum atomic E-state index is 12.3. The Morgan fingerprint density at radius 2 is 2.38 bits per heavy atom. The minimum absolute atomic E-state index is 0.124. The predicted octanol–water partition coefficient (Wildman–Crippen LogP) is -1.27. The molecule has 2 aliphatic heterocycles. The van der Waals surface area contributed by atoms with Gasteiger partial charge in [-0.2, -0.15) is 0 Å². The summed E-state index contributed by atoms with van der Waals surface area (Å²) in [5.41, 5.74) is 0.182.